The molecule has 3 aliphatic rings. The molecule has 2 aliphatic heterocycles. The quantitative estimate of drug-likeness (QED) is 0.577. The summed E-state index contributed by atoms with van der Waals surface area (Å²) < 4.78 is 14.3. The standard InChI is InChI=1S/C25H26N6O4/c1-16-20(14-35-27-16)23(32)30-10-11-31-24(33)22-9-8-21(17-12-26-28(2)13-17)29(22)15-25(30,31)18-4-6-19(34-3)7-5-18/h4,6,8-9,12-14H,5,7,10-11,15H2,1-3H3. The molecule has 0 bridgehead atoms. The Morgan fingerprint density at radius 3 is 2.66 bits per heavy atom. The minimum atomic E-state index is -0.948. The fourth-order valence-corrected chi connectivity index (χ4v) is 5.63. The number of aryl methyl sites for hydroxylation is 2. The number of carbonyl (C=O) groups is 2. The van der Waals surface area contributed by atoms with Crippen LogP contribution in [0.4, 0.5) is 0 Å². The average molecular weight is 475 g/mol. The monoisotopic (exact) mass is 474 g/mol. The van der Waals surface area contributed by atoms with E-state index < -0.39 is 5.66 Å². The predicted octanol–water partition coefficient (Wildman–Crippen LogP) is 2.74. The van der Waals surface area contributed by atoms with E-state index in [0.29, 0.717) is 49.4 Å². The molecule has 6 rings (SSSR count). The van der Waals surface area contributed by atoms with E-state index in [2.05, 4.69) is 10.3 Å². The number of hydrogen-bond donors (Lipinski definition) is 0. The molecule has 1 unspecified atom stereocenters. The van der Waals surface area contributed by atoms with Gasteiger partial charge in [-0.1, -0.05) is 11.2 Å². The number of hydrogen-bond acceptors (Lipinski definition) is 6. The van der Waals surface area contributed by atoms with E-state index in [1.165, 1.54) is 6.26 Å². The number of amides is 2. The number of fused-ring (bicyclic) bond motifs is 2. The second kappa shape index (κ2) is 7.72. The van der Waals surface area contributed by atoms with Gasteiger partial charge in [-0.2, -0.15) is 5.10 Å². The van der Waals surface area contributed by atoms with Gasteiger partial charge in [-0.3, -0.25) is 14.3 Å². The van der Waals surface area contributed by atoms with E-state index in [-0.39, 0.29) is 11.8 Å². The fourth-order valence-electron chi connectivity index (χ4n) is 5.63. The van der Waals surface area contributed by atoms with Crippen LogP contribution >= 0.6 is 0 Å². The second-order valence-electron chi connectivity index (χ2n) is 9.17. The number of carbonyl (C=O) groups excluding carboxylic acids is 2. The highest BCUT2D eigenvalue weighted by Gasteiger charge is 2.57. The highest BCUT2D eigenvalue weighted by molar-refractivity contribution is 5.99. The molecule has 0 aromatic carbocycles. The largest absolute Gasteiger partial charge is 0.501 e. The summed E-state index contributed by atoms with van der Waals surface area (Å²) in [5, 5.41) is 8.22. The van der Waals surface area contributed by atoms with Crippen molar-refractivity contribution < 1.29 is 18.8 Å². The van der Waals surface area contributed by atoms with Gasteiger partial charge in [0.25, 0.3) is 11.8 Å². The number of methoxy groups -OCH3 is 1. The highest BCUT2D eigenvalue weighted by Crippen LogP contribution is 2.45. The smallest absolute Gasteiger partial charge is 0.272 e. The molecule has 35 heavy (non-hydrogen) atoms. The van der Waals surface area contributed by atoms with E-state index in [1.54, 1.807) is 24.9 Å². The van der Waals surface area contributed by atoms with Crippen LogP contribution in [0.3, 0.4) is 0 Å². The maximum Gasteiger partial charge on any atom is 0.272 e. The van der Waals surface area contributed by atoms with Crippen LogP contribution in [0.2, 0.25) is 0 Å². The molecular formula is C25H26N6O4. The van der Waals surface area contributed by atoms with Gasteiger partial charge in [-0.05, 0) is 37.1 Å². The predicted molar refractivity (Wildman–Crippen MR) is 125 cm³/mol. The summed E-state index contributed by atoms with van der Waals surface area (Å²) in [5.41, 5.74) is 3.42. The molecule has 180 valence electrons. The molecule has 1 aliphatic carbocycles. The molecule has 0 spiro atoms. The third-order valence-corrected chi connectivity index (χ3v) is 7.38. The van der Waals surface area contributed by atoms with Crippen molar-refractivity contribution in [2.24, 2.45) is 7.05 Å². The van der Waals surface area contributed by atoms with E-state index in [0.717, 1.165) is 22.6 Å². The lowest BCUT2D eigenvalue weighted by Crippen LogP contribution is -2.63. The summed E-state index contributed by atoms with van der Waals surface area (Å²) in [6.07, 6.45) is 10.4. The average Bonchev–Trinajstić information content (AvgIpc) is 3.65. The normalized spacial score (nSPS) is 21.5. The first-order chi connectivity index (χ1) is 16.9. The topological polar surface area (TPSA) is 98.6 Å². The van der Waals surface area contributed by atoms with Gasteiger partial charge in [-0.15, -0.1) is 0 Å². The second-order valence-corrected chi connectivity index (χ2v) is 9.17. The minimum Gasteiger partial charge on any atom is -0.501 e. The molecule has 3 aromatic heterocycles. The Morgan fingerprint density at radius 1 is 1.17 bits per heavy atom. The number of ether oxygens (including phenoxy) is 1. The van der Waals surface area contributed by atoms with Gasteiger partial charge in [0.1, 0.15) is 17.5 Å². The molecule has 0 radical (unpaired) electrons. The Bertz CT molecular complexity index is 1410. The molecule has 1 fully saturated rings. The Kier molecular flexibility index (Phi) is 4.73. The van der Waals surface area contributed by atoms with Crippen LogP contribution in [0, 0.1) is 6.92 Å². The number of allylic oxidation sites excluding steroid dienone is 3. The number of nitrogens with zero attached hydrogens (tertiary/aromatic N) is 6. The third-order valence-electron chi connectivity index (χ3n) is 7.38. The summed E-state index contributed by atoms with van der Waals surface area (Å²) >= 11 is 0. The maximum atomic E-state index is 13.9. The molecule has 5 heterocycles. The minimum absolute atomic E-state index is 0.0915. The van der Waals surface area contributed by atoms with Crippen molar-refractivity contribution in [2.45, 2.75) is 32.0 Å². The van der Waals surface area contributed by atoms with Gasteiger partial charge >= 0.3 is 0 Å². The molecular weight excluding hydrogens is 448 g/mol. The molecule has 0 N–H and O–H groups in total. The van der Waals surface area contributed by atoms with Crippen molar-refractivity contribution in [1.82, 2.24) is 29.3 Å². The van der Waals surface area contributed by atoms with Gasteiger partial charge in [-0.25, -0.2) is 0 Å². The van der Waals surface area contributed by atoms with Gasteiger partial charge in [0.2, 0.25) is 0 Å². The Labute approximate surface area is 202 Å². The van der Waals surface area contributed by atoms with E-state index in [9.17, 15) is 9.59 Å². The van der Waals surface area contributed by atoms with Crippen LogP contribution in [0.15, 0.2) is 58.8 Å². The van der Waals surface area contributed by atoms with Crippen LogP contribution < -0.4 is 0 Å². The molecule has 1 atom stereocenters. The summed E-state index contributed by atoms with van der Waals surface area (Å²) in [6.45, 7) is 3.03. The van der Waals surface area contributed by atoms with Crippen LogP contribution in [0.5, 0.6) is 0 Å². The zero-order valence-electron chi connectivity index (χ0n) is 19.9. The first-order valence-electron chi connectivity index (χ1n) is 11.6. The van der Waals surface area contributed by atoms with Crippen molar-refractivity contribution in [3.05, 3.63) is 71.2 Å². The maximum absolute atomic E-state index is 13.9. The molecule has 0 saturated carbocycles. The lowest BCUT2D eigenvalue weighted by atomic mass is 9.87. The van der Waals surface area contributed by atoms with Crippen molar-refractivity contribution in [1.29, 1.82) is 0 Å². The van der Waals surface area contributed by atoms with Crippen LogP contribution in [-0.4, -0.2) is 67.0 Å². The lowest BCUT2D eigenvalue weighted by Gasteiger charge is -2.49. The highest BCUT2D eigenvalue weighted by atomic mass is 16.5. The van der Waals surface area contributed by atoms with Crippen molar-refractivity contribution in [3.8, 4) is 11.3 Å². The molecule has 10 heteroatoms. The molecule has 1 saturated heterocycles. The summed E-state index contributed by atoms with van der Waals surface area (Å²) in [4.78, 5) is 31.4. The van der Waals surface area contributed by atoms with Gasteiger partial charge in [0.15, 0.2) is 5.66 Å². The van der Waals surface area contributed by atoms with E-state index >= 15 is 0 Å². The summed E-state index contributed by atoms with van der Waals surface area (Å²) in [7, 11) is 3.52. The van der Waals surface area contributed by atoms with Crippen molar-refractivity contribution in [2.75, 3.05) is 20.2 Å². The summed E-state index contributed by atoms with van der Waals surface area (Å²) in [5.74, 6) is 0.591. The van der Waals surface area contributed by atoms with Crippen molar-refractivity contribution in [3.63, 3.8) is 0 Å². The van der Waals surface area contributed by atoms with E-state index in [4.69, 9.17) is 9.26 Å². The number of rotatable bonds is 4. The van der Waals surface area contributed by atoms with Crippen LogP contribution in [-0.2, 0) is 18.3 Å². The zero-order chi connectivity index (χ0) is 24.3. The first-order valence-corrected chi connectivity index (χ1v) is 11.6. The van der Waals surface area contributed by atoms with Gasteiger partial charge in [0.05, 0.1) is 37.0 Å². The van der Waals surface area contributed by atoms with E-state index in [1.807, 2.05) is 51.9 Å². The van der Waals surface area contributed by atoms with Crippen LogP contribution in [0.1, 0.15) is 39.4 Å². The van der Waals surface area contributed by atoms with Gasteiger partial charge in [0, 0.05) is 38.3 Å². The Morgan fingerprint density at radius 2 is 2.00 bits per heavy atom. The van der Waals surface area contributed by atoms with Crippen molar-refractivity contribution >= 4 is 11.8 Å². The molecule has 2 amide bonds. The van der Waals surface area contributed by atoms with Crippen LogP contribution in [0.25, 0.3) is 11.3 Å². The van der Waals surface area contributed by atoms with Gasteiger partial charge < -0.3 is 23.6 Å². The fraction of sp³-hybridized carbons (Fsp3) is 0.360. The third kappa shape index (κ3) is 3.02. The first kappa shape index (κ1) is 21.5. The lowest BCUT2D eigenvalue weighted by molar-refractivity contribution is 0.0133. The SMILES string of the molecule is COC1=CC=C(C23Cn4c(ccc4-c4cnn(C)c4)C(=O)N2CCN3C(=O)c2conc2C)CC1. The Hall–Kier alpha value is -4.08. The zero-order valence-corrected chi connectivity index (χ0v) is 19.9. The Balaban J connectivity index is 1.53. The molecule has 3 aromatic rings. The number of aromatic nitrogens is 4. The summed E-state index contributed by atoms with van der Waals surface area (Å²) in [6, 6.07) is 3.82. The molecule has 10 nitrogen and oxygen atoms in total.